The van der Waals surface area contributed by atoms with Gasteiger partial charge in [0.1, 0.15) is 4.75 Å². The van der Waals surface area contributed by atoms with E-state index in [-0.39, 0.29) is 4.58 Å². The summed E-state index contributed by atoms with van der Waals surface area (Å²) >= 11 is 12.6. The molecule has 0 aromatic rings. The molecule has 3 atom stereocenters. The van der Waals surface area contributed by atoms with Crippen LogP contribution in [0.15, 0.2) is 0 Å². The van der Waals surface area contributed by atoms with Gasteiger partial charge in [-0.05, 0) is 32.6 Å². The van der Waals surface area contributed by atoms with Gasteiger partial charge in [0, 0.05) is 18.4 Å². The summed E-state index contributed by atoms with van der Waals surface area (Å²) in [5.74, 6) is 0. The molecular formula is C12H24BrN2OPS3. The van der Waals surface area contributed by atoms with E-state index in [0.717, 1.165) is 13.1 Å². The average Bonchev–Trinajstić information content (AvgIpc) is 2.39. The third kappa shape index (κ3) is 6.56. The highest BCUT2D eigenvalue weighted by molar-refractivity contribution is 9.09. The zero-order chi connectivity index (χ0) is 15.8. The Bertz CT molecular complexity index is 376. The Morgan fingerprint density at radius 2 is 2.00 bits per heavy atom. The van der Waals surface area contributed by atoms with E-state index < -0.39 is 10.4 Å². The zero-order valence-electron chi connectivity index (χ0n) is 12.8. The topological polar surface area (TPSA) is 36.3 Å². The molecule has 0 bridgehead atoms. The molecule has 0 aliphatic heterocycles. The molecule has 2 unspecified atom stereocenters. The van der Waals surface area contributed by atoms with Crippen LogP contribution in [-0.2, 0) is 16.3 Å². The largest absolute Gasteiger partial charge is 0.331 e. The van der Waals surface area contributed by atoms with Crippen LogP contribution in [0, 0.1) is 11.3 Å². The van der Waals surface area contributed by atoms with Gasteiger partial charge in [0.2, 0.25) is 0 Å². The molecule has 0 heterocycles. The van der Waals surface area contributed by atoms with Crippen molar-refractivity contribution < 1.29 is 4.52 Å². The minimum Gasteiger partial charge on any atom is -0.331 e. The van der Waals surface area contributed by atoms with Crippen molar-refractivity contribution in [1.82, 2.24) is 4.67 Å². The van der Waals surface area contributed by atoms with Crippen molar-refractivity contribution in [2.24, 2.45) is 0 Å². The van der Waals surface area contributed by atoms with Crippen LogP contribution in [0.2, 0.25) is 0 Å². The van der Waals surface area contributed by atoms with Crippen molar-refractivity contribution in [1.29, 1.82) is 5.26 Å². The van der Waals surface area contributed by atoms with Crippen LogP contribution in [0.1, 0.15) is 34.6 Å². The van der Waals surface area contributed by atoms with Gasteiger partial charge in [0.25, 0.3) is 0 Å². The number of thioether (sulfide) groups is 1. The second kappa shape index (κ2) is 10.1. The molecule has 0 saturated heterocycles. The predicted molar refractivity (Wildman–Crippen MR) is 101 cm³/mol. The molecule has 0 radical (unpaired) electrons. The van der Waals surface area contributed by atoms with Crippen LogP contribution in [0.5, 0.6) is 0 Å². The fraction of sp³-hybridized carbons (Fsp3) is 0.917. The Morgan fingerprint density at radius 3 is 2.35 bits per heavy atom. The number of nitriles is 1. The van der Waals surface area contributed by atoms with Crippen LogP contribution < -0.4 is 0 Å². The summed E-state index contributed by atoms with van der Waals surface area (Å²) in [6, 6.07) is 2.36. The third-order valence-corrected chi connectivity index (χ3v) is 13.1. The van der Waals surface area contributed by atoms with Gasteiger partial charge in [0.15, 0.2) is 5.62 Å². The van der Waals surface area contributed by atoms with Crippen molar-refractivity contribution in [3.8, 4) is 6.07 Å². The smallest absolute Gasteiger partial charge is 0.189 e. The van der Waals surface area contributed by atoms with Gasteiger partial charge in [-0.25, -0.2) is 4.67 Å². The number of hydrogen-bond acceptors (Lipinski definition) is 5. The molecule has 118 valence electrons. The van der Waals surface area contributed by atoms with E-state index in [1.807, 2.05) is 13.8 Å². The number of hydrogen-bond donors (Lipinski definition) is 0. The van der Waals surface area contributed by atoms with Crippen molar-refractivity contribution in [2.45, 2.75) is 43.9 Å². The summed E-state index contributed by atoms with van der Waals surface area (Å²) in [5.41, 5.74) is -2.05. The van der Waals surface area contributed by atoms with Gasteiger partial charge in [-0.1, -0.05) is 41.2 Å². The average molecular weight is 419 g/mol. The Hall–Kier alpha value is 1.24. The summed E-state index contributed by atoms with van der Waals surface area (Å²) in [4.78, 5) is 0. The Kier molecular flexibility index (Phi) is 10.7. The van der Waals surface area contributed by atoms with Gasteiger partial charge in [-0.3, -0.25) is 0 Å². The lowest BCUT2D eigenvalue weighted by atomic mass is 10.2. The van der Waals surface area contributed by atoms with E-state index in [0.29, 0.717) is 11.9 Å². The first kappa shape index (κ1) is 21.2. The zero-order valence-corrected chi connectivity index (χ0v) is 17.7. The molecule has 0 aliphatic rings. The molecule has 20 heavy (non-hydrogen) atoms. The van der Waals surface area contributed by atoms with Gasteiger partial charge >= 0.3 is 0 Å². The molecule has 0 rings (SSSR count). The van der Waals surface area contributed by atoms with Gasteiger partial charge in [0.05, 0.1) is 17.3 Å². The Balaban J connectivity index is 4.92. The predicted octanol–water partition coefficient (Wildman–Crippen LogP) is 5.08. The van der Waals surface area contributed by atoms with Crippen LogP contribution in [0.3, 0.4) is 0 Å². The van der Waals surface area contributed by atoms with Gasteiger partial charge in [-0.2, -0.15) is 5.26 Å². The van der Waals surface area contributed by atoms with Gasteiger partial charge in [-0.15, -0.1) is 11.8 Å². The highest BCUT2D eigenvalue weighted by Crippen LogP contribution is 2.66. The Labute approximate surface area is 145 Å². The summed E-state index contributed by atoms with van der Waals surface area (Å²) < 4.78 is 7.96. The first-order valence-corrected chi connectivity index (χ1v) is 12.8. The summed E-state index contributed by atoms with van der Waals surface area (Å²) in [6.45, 7) is 12.7. The molecule has 0 spiro atoms. The molecule has 0 aromatic carbocycles. The molecule has 0 saturated carbocycles. The second-order valence-electron chi connectivity index (χ2n) is 4.29. The van der Waals surface area contributed by atoms with E-state index in [9.17, 15) is 5.26 Å². The Morgan fingerprint density at radius 1 is 1.45 bits per heavy atom. The lowest BCUT2D eigenvalue weighted by Gasteiger charge is -2.34. The minimum atomic E-state index is -2.05. The van der Waals surface area contributed by atoms with E-state index in [2.05, 4.69) is 47.4 Å². The maximum atomic E-state index is 9.27. The molecule has 0 N–H and O–H groups in total. The number of alkyl halides is 1. The van der Waals surface area contributed by atoms with E-state index in [4.69, 9.17) is 16.3 Å². The van der Waals surface area contributed by atoms with E-state index in [1.54, 1.807) is 23.1 Å². The summed E-state index contributed by atoms with van der Waals surface area (Å²) in [6.07, 6.45) is 0. The summed E-state index contributed by atoms with van der Waals surface area (Å²) in [5, 5.41) is 9.92. The van der Waals surface area contributed by atoms with Crippen molar-refractivity contribution in [3.63, 3.8) is 0 Å². The molecule has 8 heteroatoms. The standard InChI is InChI=1S/C12H24BrN2OPS3/c1-6-15(7-2)17(18,16-8-3)20-11(4)19-12(5,9-13)10-14/h11H,6-9H2,1-5H3/t11?,12-,17?/m1/s1. The second-order valence-corrected chi connectivity index (χ2v) is 14.0. The first-order chi connectivity index (χ1) is 9.30. The molecule has 0 fully saturated rings. The fourth-order valence-corrected chi connectivity index (χ4v) is 12.3. The van der Waals surface area contributed by atoms with Crippen LogP contribution in [0.25, 0.3) is 0 Å². The number of nitrogens with zero attached hydrogens (tertiary/aromatic N) is 2. The highest BCUT2D eigenvalue weighted by atomic mass is 79.9. The minimum absolute atomic E-state index is 0.218. The maximum absolute atomic E-state index is 9.27. The normalized spacial score (nSPS) is 19.1. The molecule has 0 amide bonds. The number of halogens is 1. The quantitative estimate of drug-likeness (QED) is 0.279. The first-order valence-electron chi connectivity index (χ1n) is 6.64. The highest BCUT2D eigenvalue weighted by Gasteiger charge is 2.32. The van der Waals surface area contributed by atoms with Crippen molar-refractivity contribution in [3.05, 3.63) is 0 Å². The molecule has 0 aliphatic carbocycles. The third-order valence-electron chi connectivity index (χ3n) is 2.57. The van der Waals surface area contributed by atoms with Crippen LogP contribution >= 0.6 is 44.7 Å². The monoisotopic (exact) mass is 418 g/mol. The van der Waals surface area contributed by atoms with Crippen LogP contribution in [0.4, 0.5) is 0 Å². The number of rotatable bonds is 10. The molecule has 3 nitrogen and oxygen atoms in total. The molecular weight excluding hydrogens is 395 g/mol. The van der Waals surface area contributed by atoms with Crippen molar-refractivity contribution >= 4 is 56.5 Å². The maximum Gasteiger partial charge on any atom is 0.189 e. The SMILES string of the molecule is CCOP(=S)(SC(C)S[C@@](C)(C#N)CBr)N(CC)CC. The van der Waals surface area contributed by atoms with Crippen molar-refractivity contribution in [2.75, 3.05) is 25.0 Å². The van der Waals surface area contributed by atoms with Crippen LogP contribution in [-0.4, -0.2) is 39.0 Å². The van der Waals surface area contributed by atoms with Gasteiger partial charge < -0.3 is 4.52 Å². The van der Waals surface area contributed by atoms with E-state index in [1.165, 1.54) is 0 Å². The lowest BCUT2D eigenvalue weighted by Crippen LogP contribution is -2.23. The van der Waals surface area contributed by atoms with E-state index >= 15 is 0 Å². The lowest BCUT2D eigenvalue weighted by molar-refractivity contribution is 0.339. The fourth-order valence-electron chi connectivity index (χ4n) is 1.58. The summed E-state index contributed by atoms with van der Waals surface area (Å²) in [7, 11) is 0. The molecule has 0 aromatic heterocycles.